The van der Waals surface area contributed by atoms with Crippen LogP contribution in [0.3, 0.4) is 0 Å². The van der Waals surface area contributed by atoms with Gasteiger partial charge in [-0.15, -0.1) is 0 Å². The summed E-state index contributed by atoms with van der Waals surface area (Å²) in [6.45, 7) is -0.940. The van der Waals surface area contributed by atoms with Crippen molar-refractivity contribution >= 4 is 42.7 Å². The number of nitrogens with one attached hydrogen (secondary N) is 1. The van der Waals surface area contributed by atoms with Gasteiger partial charge in [0, 0.05) is 46.9 Å². The van der Waals surface area contributed by atoms with Gasteiger partial charge < -0.3 is 20.1 Å². The van der Waals surface area contributed by atoms with E-state index in [2.05, 4.69) is 19.9 Å². The number of fused-ring (bicyclic) bond motifs is 2. The normalized spacial score (nSPS) is 12.0. The highest BCUT2D eigenvalue weighted by atomic mass is 32.2. The summed E-state index contributed by atoms with van der Waals surface area (Å²) in [4.78, 5) is 28.9. The second-order valence-corrected chi connectivity index (χ2v) is 17.6. The van der Waals surface area contributed by atoms with Crippen molar-refractivity contribution in [3.63, 3.8) is 0 Å². The smallest absolute Gasteiger partial charge is 0.249 e. The third kappa shape index (κ3) is 8.09. The van der Waals surface area contributed by atoms with E-state index in [1.807, 2.05) is 0 Å². The Kier molecular flexibility index (Phi) is 11.2. The molecule has 3 N–H and O–H groups in total. The van der Waals surface area contributed by atoms with Crippen molar-refractivity contribution in [2.24, 2.45) is 0 Å². The minimum atomic E-state index is -4.77. The molecule has 17 heteroatoms. The molecule has 15 nitrogen and oxygen atoms in total. The Hall–Kier alpha value is -7.18. The molecule has 1 aliphatic carbocycles. The first-order valence-electron chi connectivity index (χ1n) is 18.7. The van der Waals surface area contributed by atoms with Crippen LogP contribution in [0.5, 0.6) is 0 Å². The van der Waals surface area contributed by atoms with Crippen LogP contribution in [0.15, 0.2) is 160 Å². The molecule has 61 heavy (non-hydrogen) atoms. The molecular weight excluding hydrogens is 817 g/mol. The SMILES string of the molecule is N=c1ccc2c(-c3ccccc3C(=O)[O-])c3ccc(N)c(S(=O)(=O)N(Cc4ccccn4)Cc4ccccn4)c3oc-2c1S(=O)(=O)N(Cc1ccccn1)Cc1ccccn1. The van der Waals surface area contributed by atoms with E-state index in [9.17, 15) is 9.90 Å². The number of anilines is 1. The Labute approximate surface area is 350 Å². The maximum atomic E-state index is 15.2. The third-order valence-corrected chi connectivity index (χ3v) is 13.6. The molecule has 2 aromatic carbocycles. The van der Waals surface area contributed by atoms with E-state index in [0.717, 1.165) is 8.61 Å². The molecular formula is C44H35N8O7S2-. The van der Waals surface area contributed by atoms with Crippen molar-refractivity contribution in [1.82, 2.24) is 28.5 Å². The van der Waals surface area contributed by atoms with Gasteiger partial charge in [0.05, 0.1) is 66.0 Å². The summed E-state index contributed by atoms with van der Waals surface area (Å²) in [5, 5.41) is 21.4. The lowest BCUT2D eigenvalue weighted by Crippen LogP contribution is -2.34. The fourth-order valence-electron chi connectivity index (χ4n) is 7.07. The number of aromatic nitrogens is 4. The molecule has 0 amide bonds. The van der Waals surface area contributed by atoms with Gasteiger partial charge in [-0.2, -0.15) is 8.61 Å². The van der Waals surface area contributed by atoms with Gasteiger partial charge in [0.2, 0.25) is 20.0 Å². The van der Waals surface area contributed by atoms with Gasteiger partial charge in [-0.25, -0.2) is 16.8 Å². The zero-order chi connectivity index (χ0) is 42.7. The van der Waals surface area contributed by atoms with Crippen molar-refractivity contribution in [3.05, 3.63) is 180 Å². The second kappa shape index (κ2) is 16.8. The topological polar surface area (TPSA) is 229 Å². The number of rotatable bonds is 14. The number of carbonyl (C=O) groups excluding carboxylic acids is 1. The molecule has 0 bridgehead atoms. The third-order valence-electron chi connectivity index (χ3n) is 9.87. The van der Waals surface area contributed by atoms with Gasteiger partial charge in [0.15, 0.2) is 16.2 Å². The molecule has 4 aromatic heterocycles. The Bertz CT molecular complexity index is 3060. The van der Waals surface area contributed by atoms with Gasteiger partial charge >= 0.3 is 0 Å². The number of hydrogen-bond acceptors (Lipinski definition) is 13. The van der Waals surface area contributed by atoms with Crippen molar-refractivity contribution in [2.75, 3.05) is 5.73 Å². The van der Waals surface area contributed by atoms with E-state index in [1.165, 1.54) is 67.3 Å². The average Bonchev–Trinajstić information content (AvgIpc) is 3.26. The molecule has 8 rings (SSSR count). The number of nitrogen functional groups attached to an aromatic ring is 1. The van der Waals surface area contributed by atoms with Crippen LogP contribution in [0.4, 0.5) is 5.69 Å². The predicted molar refractivity (Wildman–Crippen MR) is 223 cm³/mol. The van der Waals surface area contributed by atoms with Crippen LogP contribution in [0.2, 0.25) is 0 Å². The molecule has 0 unspecified atom stereocenters. The molecule has 306 valence electrons. The molecule has 2 aliphatic rings. The van der Waals surface area contributed by atoms with E-state index in [-0.39, 0.29) is 65.1 Å². The number of nitrogens with two attached hydrogens (primary N) is 1. The van der Waals surface area contributed by atoms with E-state index in [4.69, 9.17) is 15.6 Å². The second-order valence-electron chi connectivity index (χ2n) is 13.8. The summed E-state index contributed by atoms with van der Waals surface area (Å²) in [5.74, 6) is -1.96. The van der Waals surface area contributed by atoms with E-state index < -0.39 is 46.9 Å². The van der Waals surface area contributed by atoms with Gasteiger partial charge in [-0.05, 0) is 78.4 Å². The average molecular weight is 852 g/mol. The zero-order valence-corrected chi connectivity index (χ0v) is 33.8. The lowest BCUT2D eigenvalue weighted by molar-refractivity contribution is -0.254. The summed E-state index contributed by atoms with van der Waals surface area (Å²) >= 11 is 0. The van der Waals surface area contributed by atoms with Crippen LogP contribution in [-0.2, 0) is 46.2 Å². The molecule has 6 aromatic rings. The first-order chi connectivity index (χ1) is 29.4. The van der Waals surface area contributed by atoms with Gasteiger partial charge in [-0.1, -0.05) is 48.5 Å². The van der Waals surface area contributed by atoms with Crippen LogP contribution >= 0.6 is 0 Å². The van der Waals surface area contributed by atoms with E-state index >= 15 is 16.8 Å². The number of aromatic carboxylic acids is 1. The number of carbonyl (C=O) groups is 1. The maximum Gasteiger partial charge on any atom is 0.249 e. The van der Waals surface area contributed by atoms with E-state index in [0.29, 0.717) is 22.8 Å². The first-order valence-corrected chi connectivity index (χ1v) is 21.6. The summed E-state index contributed by atoms with van der Waals surface area (Å²) in [6.07, 6.45) is 6.10. The standard InChI is InChI=1S/C44H36N8O7S2/c45-37-19-17-35-39(33-15-1-2-16-34(33)44(53)54)36-18-20-38(46)43(61(57,58)52(27-31-13-5-9-23-49-31)28-32-14-6-10-24-50-32)41(36)59-40(35)42(37)60(55,56)51(25-29-11-3-7-21-47-29)26-30-12-4-8-22-48-30/h1-24,45H,25-28,46H2,(H,53,54)/p-1. The van der Waals surface area contributed by atoms with Crippen molar-refractivity contribution in [3.8, 4) is 22.5 Å². The fraction of sp³-hybridized carbons (Fsp3) is 0.0909. The Morgan fingerprint density at radius 2 is 1.05 bits per heavy atom. The Morgan fingerprint density at radius 3 is 1.51 bits per heavy atom. The summed E-state index contributed by atoms with van der Waals surface area (Å²) in [7, 11) is -9.49. The van der Waals surface area contributed by atoms with Crippen molar-refractivity contribution in [2.45, 2.75) is 36.0 Å². The number of pyridine rings is 4. The maximum absolute atomic E-state index is 15.2. The van der Waals surface area contributed by atoms with Gasteiger partial charge in [0.1, 0.15) is 4.90 Å². The number of hydrogen-bond donors (Lipinski definition) is 2. The number of carboxylic acid groups (broad SMARTS) is 1. The first kappa shape index (κ1) is 40.6. The molecule has 1 aliphatic heterocycles. The number of carboxylic acids is 1. The van der Waals surface area contributed by atoms with Crippen LogP contribution in [-0.4, -0.2) is 51.4 Å². The van der Waals surface area contributed by atoms with Crippen LogP contribution in [0, 0.1) is 5.41 Å². The van der Waals surface area contributed by atoms with Crippen molar-refractivity contribution < 1.29 is 31.2 Å². The number of benzene rings is 3. The number of sulfonamides is 2. The monoisotopic (exact) mass is 851 g/mol. The zero-order valence-electron chi connectivity index (χ0n) is 32.1. The molecule has 0 fully saturated rings. The largest absolute Gasteiger partial charge is 0.545 e. The Morgan fingerprint density at radius 1 is 0.590 bits per heavy atom. The molecule has 5 heterocycles. The lowest BCUT2D eigenvalue weighted by atomic mass is 9.90. The van der Waals surface area contributed by atoms with Crippen LogP contribution in [0.25, 0.3) is 33.4 Å². The minimum absolute atomic E-state index is 0.0679. The molecule has 0 saturated heterocycles. The highest BCUT2D eigenvalue weighted by Gasteiger charge is 2.37. The quantitative estimate of drug-likeness (QED) is 0.109. The predicted octanol–water partition coefficient (Wildman–Crippen LogP) is 4.99. The molecule has 0 spiro atoms. The molecule has 0 radical (unpaired) electrons. The van der Waals surface area contributed by atoms with Gasteiger partial charge in [0.25, 0.3) is 0 Å². The van der Waals surface area contributed by atoms with Gasteiger partial charge in [-0.3, -0.25) is 25.3 Å². The highest BCUT2D eigenvalue weighted by molar-refractivity contribution is 7.89. The summed E-state index contributed by atoms with van der Waals surface area (Å²) in [5.41, 5.74) is 7.53. The molecule has 0 saturated carbocycles. The highest BCUT2D eigenvalue weighted by Crippen LogP contribution is 2.46. The van der Waals surface area contributed by atoms with Crippen LogP contribution < -0.4 is 16.2 Å². The lowest BCUT2D eigenvalue weighted by Gasteiger charge is -2.26. The Balaban J connectivity index is 1.44. The minimum Gasteiger partial charge on any atom is -0.545 e. The molecule has 0 atom stereocenters. The number of nitrogens with zero attached hydrogens (tertiary/aromatic N) is 6. The summed E-state index contributed by atoms with van der Waals surface area (Å²) < 4.78 is 69.7. The fourth-order valence-corrected chi connectivity index (χ4v) is 10.3. The summed E-state index contributed by atoms with van der Waals surface area (Å²) in [6, 6.07) is 31.7. The van der Waals surface area contributed by atoms with E-state index in [1.54, 1.807) is 78.9 Å². The van der Waals surface area contributed by atoms with Crippen molar-refractivity contribution in [1.29, 1.82) is 5.41 Å². The van der Waals surface area contributed by atoms with Crippen LogP contribution in [0.1, 0.15) is 33.1 Å².